The lowest BCUT2D eigenvalue weighted by Crippen LogP contribution is -2.32. The summed E-state index contributed by atoms with van der Waals surface area (Å²) in [5.41, 5.74) is -0.554. The van der Waals surface area contributed by atoms with Gasteiger partial charge in [-0.3, -0.25) is 4.79 Å². The minimum Gasteiger partial charge on any atom is -0.351 e. The molecule has 1 aromatic rings. The van der Waals surface area contributed by atoms with Gasteiger partial charge in [-0.25, -0.2) is 8.78 Å². The predicted octanol–water partition coefficient (Wildman–Crippen LogP) is 3.88. The highest BCUT2D eigenvalue weighted by Gasteiger charge is 2.19. The van der Waals surface area contributed by atoms with Crippen LogP contribution in [0.4, 0.5) is 8.78 Å². The maximum Gasteiger partial charge on any atom is 0.257 e. The molecule has 0 heterocycles. The topological polar surface area (TPSA) is 29.1 Å². The molecule has 0 aliphatic heterocycles. The van der Waals surface area contributed by atoms with Gasteiger partial charge < -0.3 is 5.32 Å². The molecule has 1 unspecified atom stereocenters. The molecule has 0 fully saturated rings. The number of halogens is 4. The molecule has 0 aliphatic rings. The molecule has 0 spiro atoms. The standard InChI is InChI=1S/C12H13Br2F2NO/c1-6(2)8(14)5-17-12(18)11-9(15)3-7(13)4-10(11)16/h3-4,6,8H,5H2,1-2H3,(H,17,18). The Balaban J connectivity index is 2.79. The van der Waals surface area contributed by atoms with Crippen molar-refractivity contribution < 1.29 is 13.6 Å². The van der Waals surface area contributed by atoms with Gasteiger partial charge in [0.2, 0.25) is 0 Å². The summed E-state index contributed by atoms with van der Waals surface area (Å²) in [6.45, 7) is 4.27. The molecule has 0 bridgehead atoms. The fourth-order valence-corrected chi connectivity index (χ4v) is 1.84. The zero-order valence-corrected chi connectivity index (χ0v) is 13.1. The molecule has 100 valence electrons. The van der Waals surface area contributed by atoms with E-state index >= 15 is 0 Å². The van der Waals surface area contributed by atoms with Gasteiger partial charge in [-0.15, -0.1) is 0 Å². The predicted molar refractivity (Wildman–Crippen MR) is 73.9 cm³/mol. The first-order chi connectivity index (χ1) is 8.32. The van der Waals surface area contributed by atoms with Crippen molar-refractivity contribution in [2.24, 2.45) is 5.92 Å². The summed E-state index contributed by atoms with van der Waals surface area (Å²) < 4.78 is 27.3. The Labute approximate surface area is 121 Å². The monoisotopic (exact) mass is 383 g/mol. The molecular weight excluding hydrogens is 372 g/mol. The number of hydrogen-bond acceptors (Lipinski definition) is 1. The van der Waals surface area contributed by atoms with Crippen LogP contribution in [0.5, 0.6) is 0 Å². The number of hydrogen-bond donors (Lipinski definition) is 1. The lowest BCUT2D eigenvalue weighted by Gasteiger charge is -2.14. The number of alkyl halides is 1. The van der Waals surface area contributed by atoms with E-state index in [2.05, 4.69) is 37.2 Å². The molecule has 1 atom stereocenters. The van der Waals surface area contributed by atoms with E-state index in [4.69, 9.17) is 0 Å². The molecular formula is C12H13Br2F2NO. The third-order valence-corrected chi connectivity index (χ3v) is 4.25. The zero-order chi connectivity index (χ0) is 13.9. The number of benzene rings is 1. The van der Waals surface area contributed by atoms with E-state index < -0.39 is 23.1 Å². The summed E-state index contributed by atoms with van der Waals surface area (Å²) in [7, 11) is 0. The molecule has 1 N–H and O–H groups in total. The Morgan fingerprint density at radius 1 is 1.33 bits per heavy atom. The van der Waals surface area contributed by atoms with Gasteiger partial charge in [-0.2, -0.15) is 0 Å². The second-order valence-electron chi connectivity index (χ2n) is 4.21. The molecule has 0 radical (unpaired) electrons. The Bertz CT molecular complexity index is 429. The van der Waals surface area contributed by atoms with E-state index in [9.17, 15) is 13.6 Å². The van der Waals surface area contributed by atoms with Crippen molar-refractivity contribution in [3.63, 3.8) is 0 Å². The molecule has 0 saturated heterocycles. The summed E-state index contributed by atoms with van der Waals surface area (Å²) in [6.07, 6.45) is 0. The Morgan fingerprint density at radius 3 is 2.28 bits per heavy atom. The smallest absolute Gasteiger partial charge is 0.257 e. The maximum absolute atomic E-state index is 13.5. The van der Waals surface area contributed by atoms with Gasteiger partial charge >= 0.3 is 0 Å². The molecule has 0 aliphatic carbocycles. The van der Waals surface area contributed by atoms with Crippen molar-refractivity contribution in [1.82, 2.24) is 5.32 Å². The van der Waals surface area contributed by atoms with Gasteiger partial charge in [0, 0.05) is 15.8 Å². The Hall–Kier alpha value is -0.490. The van der Waals surface area contributed by atoms with Crippen molar-refractivity contribution in [1.29, 1.82) is 0 Å². The van der Waals surface area contributed by atoms with Crippen LogP contribution in [0.2, 0.25) is 0 Å². The molecule has 1 aromatic carbocycles. The van der Waals surface area contributed by atoms with Crippen molar-refractivity contribution >= 4 is 37.8 Å². The quantitative estimate of drug-likeness (QED) is 0.784. The fourth-order valence-electron chi connectivity index (χ4n) is 1.27. The number of nitrogens with one attached hydrogen (secondary N) is 1. The second-order valence-corrected chi connectivity index (χ2v) is 6.31. The molecule has 1 amide bonds. The van der Waals surface area contributed by atoms with Crippen LogP contribution in [0.25, 0.3) is 0 Å². The summed E-state index contributed by atoms with van der Waals surface area (Å²) >= 11 is 6.34. The van der Waals surface area contributed by atoms with Crippen LogP contribution >= 0.6 is 31.9 Å². The van der Waals surface area contributed by atoms with Crippen LogP contribution in [-0.4, -0.2) is 17.3 Å². The van der Waals surface area contributed by atoms with Crippen LogP contribution in [0.15, 0.2) is 16.6 Å². The number of rotatable bonds is 4. The van der Waals surface area contributed by atoms with Gasteiger partial charge in [0.1, 0.15) is 17.2 Å². The summed E-state index contributed by atoms with van der Waals surface area (Å²) in [5, 5.41) is 2.50. The van der Waals surface area contributed by atoms with Gasteiger partial charge in [0.25, 0.3) is 5.91 Å². The molecule has 6 heteroatoms. The van der Waals surface area contributed by atoms with Crippen molar-refractivity contribution in [3.05, 3.63) is 33.8 Å². The Morgan fingerprint density at radius 2 is 1.83 bits per heavy atom. The first-order valence-electron chi connectivity index (χ1n) is 5.39. The lowest BCUT2D eigenvalue weighted by molar-refractivity contribution is 0.0944. The van der Waals surface area contributed by atoms with E-state index in [1.165, 1.54) is 0 Å². The normalized spacial score (nSPS) is 12.6. The van der Waals surface area contributed by atoms with Crippen LogP contribution in [-0.2, 0) is 0 Å². The number of carbonyl (C=O) groups excluding carboxylic acids is 1. The zero-order valence-electron chi connectivity index (χ0n) is 9.94. The molecule has 18 heavy (non-hydrogen) atoms. The average molecular weight is 385 g/mol. The largest absolute Gasteiger partial charge is 0.351 e. The van der Waals surface area contributed by atoms with Crippen LogP contribution in [0, 0.1) is 17.6 Å². The molecule has 1 rings (SSSR count). The highest BCUT2D eigenvalue weighted by molar-refractivity contribution is 9.10. The number of amides is 1. The third kappa shape index (κ3) is 4.02. The van der Waals surface area contributed by atoms with Gasteiger partial charge in [-0.1, -0.05) is 45.7 Å². The number of carbonyl (C=O) groups is 1. The van der Waals surface area contributed by atoms with E-state index in [1.807, 2.05) is 13.8 Å². The van der Waals surface area contributed by atoms with Crippen LogP contribution in [0.3, 0.4) is 0 Å². The van der Waals surface area contributed by atoms with Gasteiger partial charge in [0.15, 0.2) is 0 Å². The molecule has 0 saturated carbocycles. The van der Waals surface area contributed by atoms with Gasteiger partial charge in [0.05, 0.1) is 0 Å². The van der Waals surface area contributed by atoms with E-state index in [1.54, 1.807) is 0 Å². The fraction of sp³-hybridized carbons (Fsp3) is 0.417. The third-order valence-electron chi connectivity index (χ3n) is 2.41. The van der Waals surface area contributed by atoms with Gasteiger partial charge in [-0.05, 0) is 18.1 Å². The Kier molecular flexibility index (Phi) is 5.72. The van der Waals surface area contributed by atoms with E-state index in [0.29, 0.717) is 12.5 Å². The average Bonchev–Trinajstić information content (AvgIpc) is 2.24. The van der Waals surface area contributed by atoms with Crippen molar-refractivity contribution in [2.75, 3.05) is 6.54 Å². The first-order valence-corrected chi connectivity index (χ1v) is 7.10. The minimum atomic E-state index is -0.880. The van der Waals surface area contributed by atoms with Crippen molar-refractivity contribution in [2.45, 2.75) is 18.7 Å². The van der Waals surface area contributed by atoms with E-state index in [0.717, 1.165) is 12.1 Å². The van der Waals surface area contributed by atoms with Crippen LogP contribution in [0.1, 0.15) is 24.2 Å². The molecule has 2 nitrogen and oxygen atoms in total. The highest BCUT2D eigenvalue weighted by Crippen LogP contribution is 2.19. The summed E-state index contributed by atoms with van der Waals surface area (Å²) in [6, 6.07) is 2.12. The maximum atomic E-state index is 13.5. The minimum absolute atomic E-state index is 0.0584. The first kappa shape index (κ1) is 15.6. The lowest BCUT2D eigenvalue weighted by atomic mass is 10.1. The molecule has 0 aromatic heterocycles. The summed E-state index contributed by atoms with van der Waals surface area (Å²) in [4.78, 5) is 11.8. The second kappa shape index (κ2) is 6.61. The highest BCUT2D eigenvalue weighted by atomic mass is 79.9. The SMILES string of the molecule is CC(C)C(Br)CNC(=O)c1c(F)cc(Br)cc1F. The van der Waals surface area contributed by atoms with E-state index in [-0.39, 0.29) is 9.30 Å². The summed E-state index contributed by atoms with van der Waals surface area (Å²) in [5.74, 6) is -2.20. The van der Waals surface area contributed by atoms with Crippen LogP contribution < -0.4 is 5.32 Å². The van der Waals surface area contributed by atoms with Crippen molar-refractivity contribution in [3.8, 4) is 0 Å².